The summed E-state index contributed by atoms with van der Waals surface area (Å²) in [4.78, 5) is 11.1. The van der Waals surface area contributed by atoms with Gasteiger partial charge >= 0.3 is 0 Å². The average molecular weight is 170 g/mol. The Balaban J connectivity index is 3.38. The molecule has 0 heterocycles. The Hall–Kier alpha value is -0.790. The maximum atomic E-state index is 11.1. The summed E-state index contributed by atoms with van der Waals surface area (Å²) in [5.41, 5.74) is 0. The number of carbonyl (C=O) groups excluding carboxylic acids is 1. The zero-order valence-corrected chi connectivity index (χ0v) is 8.06. The molecule has 0 saturated carbocycles. The Bertz CT molecular complexity index is 150. The SMILES string of the molecule is C=C(OC)C(=O)CCCCCC. The van der Waals surface area contributed by atoms with Crippen LogP contribution in [0.1, 0.15) is 39.0 Å². The highest BCUT2D eigenvalue weighted by Gasteiger charge is 2.05. The highest BCUT2D eigenvalue weighted by Crippen LogP contribution is 2.06. The number of Topliss-reactive ketones (excluding diaryl/α,β-unsaturated/α-hetero) is 1. The van der Waals surface area contributed by atoms with Crippen molar-refractivity contribution in [3.05, 3.63) is 12.3 Å². The molecule has 0 atom stereocenters. The Morgan fingerprint density at radius 3 is 2.50 bits per heavy atom. The zero-order chi connectivity index (χ0) is 9.40. The first-order valence-electron chi connectivity index (χ1n) is 4.48. The molecule has 12 heavy (non-hydrogen) atoms. The number of hydrogen-bond donors (Lipinski definition) is 0. The van der Waals surface area contributed by atoms with Gasteiger partial charge in [-0.25, -0.2) is 0 Å². The molecular weight excluding hydrogens is 152 g/mol. The van der Waals surface area contributed by atoms with Crippen molar-refractivity contribution in [2.75, 3.05) is 7.11 Å². The predicted molar refractivity (Wildman–Crippen MR) is 49.9 cm³/mol. The lowest BCUT2D eigenvalue weighted by Gasteiger charge is -2.02. The lowest BCUT2D eigenvalue weighted by Crippen LogP contribution is -2.02. The minimum absolute atomic E-state index is 0.0357. The number of allylic oxidation sites excluding steroid dienone is 1. The average Bonchev–Trinajstić information content (AvgIpc) is 2.10. The third-order valence-corrected chi connectivity index (χ3v) is 1.81. The summed E-state index contributed by atoms with van der Waals surface area (Å²) >= 11 is 0. The van der Waals surface area contributed by atoms with E-state index in [0.717, 1.165) is 12.8 Å². The number of ether oxygens (including phenoxy) is 1. The van der Waals surface area contributed by atoms with E-state index in [-0.39, 0.29) is 11.5 Å². The largest absolute Gasteiger partial charge is 0.494 e. The van der Waals surface area contributed by atoms with Crippen molar-refractivity contribution in [2.24, 2.45) is 0 Å². The molecule has 0 aromatic carbocycles. The monoisotopic (exact) mass is 170 g/mol. The molecule has 0 aliphatic rings. The smallest absolute Gasteiger partial charge is 0.196 e. The molecule has 0 fully saturated rings. The molecule has 0 aliphatic carbocycles. The fraction of sp³-hybridized carbons (Fsp3) is 0.700. The van der Waals surface area contributed by atoms with Gasteiger partial charge in [0.2, 0.25) is 0 Å². The van der Waals surface area contributed by atoms with Crippen LogP contribution in [0.25, 0.3) is 0 Å². The van der Waals surface area contributed by atoms with Gasteiger partial charge in [0.05, 0.1) is 7.11 Å². The Morgan fingerprint density at radius 1 is 1.33 bits per heavy atom. The second kappa shape index (κ2) is 6.89. The van der Waals surface area contributed by atoms with Crippen molar-refractivity contribution in [1.82, 2.24) is 0 Å². The molecule has 0 N–H and O–H groups in total. The van der Waals surface area contributed by atoms with Crippen molar-refractivity contribution < 1.29 is 9.53 Å². The Morgan fingerprint density at radius 2 is 2.00 bits per heavy atom. The van der Waals surface area contributed by atoms with E-state index >= 15 is 0 Å². The quantitative estimate of drug-likeness (QED) is 0.333. The van der Waals surface area contributed by atoms with Gasteiger partial charge in [-0.2, -0.15) is 0 Å². The van der Waals surface area contributed by atoms with Crippen molar-refractivity contribution in [2.45, 2.75) is 39.0 Å². The van der Waals surface area contributed by atoms with E-state index < -0.39 is 0 Å². The standard InChI is InChI=1S/C10H18O2/c1-4-5-6-7-8-10(11)9(2)12-3/h2,4-8H2,1,3H3. The van der Waals surface area contributed by atoms with Gasteiger partial charge in [0.15, 0.2) is 11.5 Å². The van der Waals surface area contributed by atoms with E-state index in [2.05, 4.69) is 13.5 Å². The summed E-state index contributed by atoms with van der Waals surface area (Å²) in [7, 11) is 1.48. The second-order valence-corrected chi connectivity index (χ2v) is 2.86. The van der Waals surface area contributed by atoms with Crippen LogP contribution >= 0.6 is 0 Å². The van der Waals surface area contributed by atoms with Gasteiger partial charge < -0.3 is 4.74 Å². The van der Waals surface area contributed by atoms with Crippen molar-refractivity contribution in [3.8, 4) is 0 Å². The highest BCUT2D eigenvalue weighted by atomic mass is 16.5. The van der Waals surface area contributed by atoms with Crippen LogP contribution in [0.15, 0.2) is 12.3 Å². The van der Waals surface area contributed by atoms with E-state index in [9.17, 15) is 4.79 Å². The number of unbranched alkanes of at least 4 members (excludes halogenated alkanes) is 3. The van der Waals surface area contributed by atoms with Gasteiger partial charge in [-0.15, -0.1) is 0 Å². The number of hydrogen-bond acceptors (Lipinski definition) is 2. The van der Waals surface area contributed by atoms with Gasteiger partial charge in [-0.3, -0.25) is 4.79 Å². The van der Waals surface area contributed by atoms with Gasteiger partial charge in [0.1, 0.15) is 0 Å². The van der Waals surface area contributed by atoms with Crippen LogP contribution in [0.5, 0.6) is 0 Å². The molecule has 0 spiro atoms. The van der Waals surface area contributed by atoms with Crippen molar-refractivity contribution in [1.29, 1.82) is 0 Å². The van der Waals surface area contributed by atoms with Crippen LogP contribution in [0.2, 0.25) is 0 Å². The summed E-state index contributed by atoms with van der Waals surface area (Å²) in [5.74, 6) is 0.320. The second-order valence-electron chi connectivity index (χ2n) is 2.86. The summed E-state index contributed by atoms with van der Waals surface area (Å²) < 4.78 is 4.72. The first-order chi connectivity index (χ1) is 5.72. The summed E-state index contributed by atoms with van der Waals surface area (Å²) in [5, 5.41) is 0. The third-order valence-electron chi connectivity index (χ3n) is 1.81. The van der Waals surface area contributed by atoms with Gasteiger partial charge in [-0.05, 0) is 6.42 Å². The van der Waals surface area contributed by atoms with Crippen molar-refractivity contribution in [3.63, 3.8) is 0 Å². The maximum Gasteiger partial charge on any atom is 0.196 e. The molecule has 2 nitrogen and oxygen atoms in total. The van der Waals surface area contributed by atoms with Crippen LogP contribution in [0, 0.1) is 0 Å². The number of methoxy groups -OCH3 is 1. The lowest BCUT2D eigenvalue weighted by molar-refractivity contribution is -0.118. The molecule has 0 bridgehead atoms. The number of carbonyl (C=O) groups is 1. The predicted octanol–water partition coefficient (Wildman–Crippen LogP) is 2.69. The molecule has 0 unspecified atom stereocenters. The molecule has 0 amide bonds. The molecule has 0 saturated heterocycles. The minimum atomic E-state index is 0.0357. The highest BCUT2D eigenvalue weighted by molar-refractivity contribution is 5.92. The van der Waals surface area contributed by atoms with Crippen LogP contribution < -0.4 is 0 Å². The van der Waals surface area contributed by atoms with Gasteiger partial charge in [0, 0.05) is 6.42 Å². The summed E-state index contributed by atoms with van der Waals surface area (Å²) in [6.07, 6.45) is 5.05. The molecule has 0 aliphatic heterocycles. The van der Waals surface area contributed by atoms with Crippen molar-refractivity contribution >= 4 is 5.78 Å². The summed E-state index contributed by atoms with van der Waals surface area (Å²) in [6.45, 7) is 5.65. The van der Waals surface area contributed by atoms with Gasteiger partial charge in [-0.1, -0.05) is 32.8 Å². The van der Waals surface area contributed by atoms with E-state index in [0.29, 0.717) is 6.42 Å². The van der Waals surface area contributed by atoms with E-state index in [1.807, 2.05) is 0 Å². The van der Waals surface area contributed by atoms with Crippen LogP contribution in [0.4, 0.5) is 0 Å². The Labute approximate surface area is 74.6 Å². The Kier molecular flexibility index (Phi) is 6.44. The molecule has 0 aromatic heterocycles. The van der Waals surface area contributed by atoms with E-state index in [1.54, 1.807) is 0 Å². The number of ketones is 1. The molecular formula is C10H18O2. The molecule has 2 heteroatoms. The fourth-order valence-electron chi connectivity index (χ4n) is 0.966. The first kappa shape index (κ1) is 11.2. The van der Waals surface area contributed by atoms with Crippen LogP contribution in [-0.4, -0.2) is 12.9 Å². The molecule has 0 radical (unpaired) electrons. The van der Waals surface area contributed by atoms with Gasteiger partial charge in [0.25, 0.3) is 0 Å². The maximum absolute atomic E-state index is 11.1. The van der Waals surface area contributed by atoms with E-state index in [4.69, 9.17) is 4.74 Å². The summed E-state index contributed by atoms with van der Waals surface area (Å²) in [6, 6.07) is 0. The molecule has 0 rings (SSSR count). The molecule has 0 aromatic rings. The third kappa shape index (κ3) is 4.94. The minimum Gasteiger partial charge on any atom is -0.494 e. The van der Waals surface area contributed by atoms with Crippen LogP contribution in [0.3, 0.4) is 0 Å². The topological polar surface area (TPSA) is 26.3 Å². The van der Waals surface area contributed by atoms with E-state index in [1.165, 1.54) is 20.0 Å². The first-order valence-corrected chi connectivity index (χ1v) is 4.48. The van der Waals surface area contributed by atoms with Crippen LogP contribution in [-0.2, 0) is 9.53 Å². The fourth-order valence-corrected chi connectivity index (χ4v) is 0.966. The normalized spacial score (nSPS) is 9.50. The zero-order valence-electron chi connectivity index (χ0n) is 8.06. The lowest BCUT2D eigenvalue weighted by atomic mass is 10.1. The molecule has 70 valence electrons. The number of rotatable bonds is 7.